The predicted molar refractivity (Wildman–Crippen MR) is 50.3 cm³/mol. The Bertz CT molecular complexity index is 186. The van der Waals surface area contributed by atoms with Crippen molar-refractivity contribution in [1.82, 2.24) is 10.6 Å². The minimum atomic E-state index is -0.470. The topological polar surface area (TPSA) is 61.4 Å². The van der Waals surface area contributed by atoms with E-state index in [0.717, 1.165) is 19.5 Å². The van der Waals surface area contributed by atoms with Crippen molar-refractivity contribution in [3.8, 4) is 0 Å². The number of aliphatic hydroxyl groups excluding tert-OH is 1. The highest BCUT2D eigenvalue weighted by atomic mass is 16.3. The Hall–Kier alpha value is -0.610. The molecule has 1 aliphatic heterocycles. The summed E-state index contributed by atoms with van der Waals surface area (Å²) in [4.78, 5) is 11.6. The summed E-state index contributed by atoms with van der Waals surface area (Å²) in [6, 6.07) is 0. The fourth-order valence-electron chi connectivity index (χ4n) is 1.46. The van der Waals surface area contributed by atoms with Gasteiger partial charge in [-0.3, -0.25) is 4.79 Å². The van der Waals surface area contributed by atoms with Gasteiger partial charge < -0.3 is 15.7 Å². The van der Waals surface area contributed by atoms with E-state index in [9.17, 15) is 4.79 Å². The molecule has 0 aliphatic carbocycles. The zero-order valence-electron chi connectivity index (χ0n) is 8.26. The number of hydrogen-bond acceptors (Lipinski definition) is 3. The van der Waals surface area contributed by atoms with Gasteiger partial charge in [0.2, 0.25) is 5.91 Å². The molecule has 0 saturated carbocycles. The highest BCUT2D eigenvalue weighted by Gasteiger charge is 2.35. The van der Waals surface area contributed by atoms with Crippen molar-refractivity contribution >= 4 is 5.91 Å². The van der Waals surface area contributed by atoms with Crippen LogP contribution in [0.15, 0.2) is 0 Å². The molecule has 4 nitrogen and oxygen atoms in total. The molecule has 0 radical (unpaired) electrons. The van der Waals surface area contributed by atoms with E-state index in [4.69, 9.17) is 5.11 Å². The maximum absolute atomic E-state index is 11.6. The van der Waals surface area contributed by atoms with Crippen LogP contribution in [0, 0.1) is 5.41 Å². The third kappa shape index (κ3) is 2.67. The first-order chi connectivity index (χ1) is 6.04. The summed E-state index contributed by atoms with van der Waals surface area (Å²) in [5.74, 6) is 0.0402. The lowest BCUT2D eigenvalue weighted by Crippen LogP contribution is -2.42. The van der Waals surface area contributed by atoms with Gasteiger partial charge in [-0.05, 0) is 26.8 Å². The molecule has 1 amide bonds. The van der Waals surface area contributed by atoms with Crippen molar-refractivity contribution in [2.75, 3.05) is 19.6 Å². The van der Waals surface area contributed by atoms with Crippen LogP contribution in [-0.2, 0) is 4.79 Å². The quantitative estimate of drug-likeness (QED) is 0.556. The summed E-state index contributed by atoms with van der Waals surface area (Å²) in [5, 5.41) is 14.9. The molecule has 0 aromatic heterocycles. The molecule has 1 unspecified atom stereocenters. The molecule has 4 heteroatoms. The molecule has 1 saturated heterocycles. The molecule has 1 heterocycles. The van der Waals surface area contributed by atoms with Gasteiger partial charge in [0.1, 0.15) is 0 Å². The van der Waals surface area contributed by atoms with Crippen molar-refractivity contribution in [2.24, 2.45) is 5.41 Å². The number of rotatable bonds is 3. The molecule has 1 aliphatic rings. The average Bonchev–Trinajstić information content (AvgIpc) is 2.49. The highest BCUT2D eigenvalue weighted by molar-refractivity contribution is 5.82. The Kier molecular flexibility index (Phi) is 3.27. The number of carbonyl (C=O) groups excluding carboxylic acids is 1. The number of hydrogen-bond donors (Lipinski definition) is 3. The van der Waals surface area contributed by atoms with E-state index in [1.165, 1.54) is 0 Å². The van der Waals surface area contributed by atoms with Gasteiger partial charge in [0.25, 0.3) is 0 Å². The number of nitrogens with one attached hydrogen (secondary N) is 2. The van der Waals surface area contributed by atoms with Crippen molar-refractivity contribution in [3.05, 3.63) is 0 Å². The normalized spacial score (nSPS) is 30.1. The molecule has 0 aromatic carbocycles. The summed E-state index contributed by atoms with van der Waals surface area (Å²) in [6.45, 7) is 5.59. The maximum atomic E-state index is 11.6. The van der Waals surface area contributed by atoms with Crippen LogP contribution in [0.4, 0.5) is 0 Å². The lowest BCUT2D eigenvalue weighted by molar-refractivity contribution is -0.129. The fourth-order valence-corrected chi connectivity index (χ4v) is 1.46. The Morgan fingerprint density at radius 2 is 2.46 bits per heavy atom. The van der Waals surface area contributed by atoms with E-state index >= 15 is 0 Å². The van der Waals surface area contributed by atoms with Gasteiger partial charge in [-0.2, -0.15) is 0 Å². The van der Waals surface area contributed by atoms with E-state index in [1.54, 1.807) is 6.92 Å². The van der Waals surface area contributed by atoms with Crippen molar-refractivity contribution in [2.45, 2.75) is 26.4 Å². The van der Waals surface area contributed by atoms with Crippen LogP contribution >= 0.6 is 0 Å². The molecule has 13 heavy (non-hydrogen) atoms. The summed E-state index contributed by atoms with van der Waals surface area (Å²) in [6.07, 6.45) is 0.403. The van der Waals surface area contributed by atoms with E-state index in [2.05, 4.69) is 10.6 Å². The standard InChI is InChI=1S/C9H18N2O2/c1-7(12)5-11-8(13)9(2)3-4-10-6-9/h7,10,12H,3-6H2,1-2H3,(H,11,13)/t7-,9?/m1/s1. The molecule has 76 valence electrons. The van der Waals surface area contributed by atoms with Crippen LogP contribution in [-0.4, -0.2) is 36.8 Å². The van der Waals surface area contributed by atoms with Gasteiger partial charge in [-0.15, -0.1) is 0 Å². The van der Waals surface area contributed by atoms with E-state index in [0.29, 0.717) is 6.54 Å². The Morgan fingerprint density at radius 3 is 2.92 bits per heavy atom. The fraction of sp³-hybridized carbons (Fsp3) is 0.889. The number of carbonyl (C=O) groups is 1. The van der Waals surface area contributed by atoms with Gasteiger partial charge in [-0.25, -0.2) is 0 Å². The van der Waals surface area contributed by atoms with Gasteiger partial charge in [0.05, 0.1) is 11.5 Å². The van der Waals surface area contributed by atoms with E-state index in [1.807, 2.05) is 6.92 Å². The average molecular weight is 186 g/mol. The molecule has 1 rings (SSSR count). The zero-order chi connectivity index (χ0) is 9.90. The summed E-state index contributed by atoms with van der Waals surface area (Å²) in [7, 11) is 0. The Balaban J connectivity index is 2.38. The molecule has 0 aromatic rings. The second kappa shape index (κ2) is 4.07. The van der Waals surface area contributed by atoms with Crippen molar-refractivity contribution < 1.29 is 9.90 Å². The first-order valence-corrected chi connectivity index (χ1v) is 4.72. The summed E-state index contributed by atoms with van der Waals surface area (Å²) >= 11 is 0. The molecule has 2 atom stereocenters. The predicted octanol–water partition coefficient (Wildman–Crippen LogP) is -0.517. The lowest BCUT2D eigenvalue weighted by atomic mass is 9.89. The van der Waals surface area contributed by atoms with Crippen LogP contribution in [0.1, 0.15) is 20.3 Å². The van der Waals surface area contributed by atoms with Gasteiger partial charge >= 0.3 is 0 Å². The number of amides is 1. The first-order valence-electron chi connectivity index (χ1n) is 4.72. The smallest absolute Gasteiger partial charge is 0.227 e. The van der Waals surface area contributed by atoms with Crippen molar-refractivity contribution in [3.63, 3.8) is 0 Å². The summed E-state index contributed by atoms with van der Waals surface area (Å²) < 4.78 is 0. The minimum Gasteiger partial charge on any atom is -0.392 e. The van der Waals surface area contributed by atoms with Crippen molar-refractivity contribution in [1.29, 1.82) is 0 Å². The van der Waals surface area contributed by atoms with E-state index in [-0.39, 0.29) is 11.3 Å². The summed E-state index contributed by atoms with van der Waals surface area (Å²) in [5.41, 5.74) is -0.283. The Morgan fingerprint density at radius 1 is 1.77 bits per heavy atom. The minimum absolute atomic E-state index is 0.0402. The van der Waals surface area contributed by atoms with Crippen LogP contribution in [0.25, 0.3) is 0 Å². The molecule has 3 N–H and O–H groups in total. The lowest BCUT2D eigenvalue weighted by Gasteiger charge is -2.21. The largest absolute Gasteiger partial charge is 0.392 e. The third-order valence-electron chi connectivity index (χ3n) is 2.47. The zero-order valence-corrected chi connectivity index (χ0v) is 8.26. The van der Waals surface area contributed by atoms with Crippen LogP contribution in [0.2, 0.25) is 0 Å². The van der Waals surface area contributed by atoms with Gasteiger partial charge in [0.15, 0.2) is 0 Å². The monoisotopic (exact) mass is 186 g/mol. The SMILES string of the molecule is C[C@@H](O)CNC(=O)C1(C)CCNC1. The third-order valence-corrected chi connectivity index (χ3v) is 2.47. The second-order valence-corrected chi connectivity index (χ2v) is 4.05. The molecule has 0 spiro atoms. The van der Waals surface area contributed by atoms with Gasteiger partial charge in [0, 0.05) is 13.1 Å². The molecular formula is C9H18N2O2. The second-order valence-electron chi connectivity index (χ2n) is 4.05. The van der Waals surface area contributed by atoms with Crippen LogP contribution in [0.5, 0.6) is 0 Å². The highest BCUT2D eigenvalue weighted by Crippen LogP contribution is 2.24. The molecule has 1 fully saturated rings. The number of aliphatic hydroxyl groups is 1. The molecular weight excluding hydrogens is 168 g/mol. The van der Waals surface area contributed by atoms with E-state index < -0.39 is 6.10 Å². The van der Waals surface area contributed by atoms with Gasteiger partial charge in [-0.1, -0.05) is 0 Å². The maximum Gasteiger partial charge on any atom is 0.227 e. The van der Waals surface area contributed by atoms with Crippen LogP contribution in [0.3, 0.4) is 0 Å². The van der Waals surface area contributed by atoms with Crippen LogP contribution < -0.4 is 10.6 Å². The Labute approximate surface area is 78.7 Å². The molecule has 0 bridgehead atoms. The first kappa shape index (κ1) is 10.5.